The SMILES string of the molecule is CC1(C)c2ccccc2-c2cc(-c3ccc4ccccc4c3)c(-c3cccc(-c4cccc(-c5nc(-c6ccccc6)nc(-c6ccccc6)n5)c4)c3)cc21. The number of hydrogen-bond donors (Lipinski definition) is 0. The second kappa shape index (κ2) is 13.2. The minimum atomic E-state index is -0.115. The molecule has 9 aromatic rings. The van der Waals surface area contributed by atoms with E-state index < -0.39 is 0 Å². The molecule has 1 aliphatic carbocycles. The summed E-state index contributed by atoms with van der Waals surface area (Å²) < 4.78 is 0. The molecule has 10 rings (SSSR count). The highest BCUT2D eigenvalue weighted by Crippen LogP contribution is 2.52. The van der Waals surface area contributed by atoms with Crippen LogP contribution in [0.15, 0.2) is 188 Å². The Morgan fingerprint density at radius 3 is 1.47 bits per heavy atom. The molecule has 8 aromatic carbocycles. The van der Waals surface area contributed by atoms with E-state index in [-0.39, 0.29) is 5.41 Å². The van der Waals surface area contributed by atoms with E-state index >= 15 is 0 Å². The summed E-state index contributed by atoms with van der Waals surface area (Å²) in [7, 11) is 0. The lowest BCUT2D eigenvalue weighted by Crippen LogP contribution is -2.15. The summed E-state index contributed by atoms with van der Waals surface area (Å²) in [4.78, 5) is 14.9. The van der Waals surface area contributed by atoms with Crippen molar-refractivity contribution in [2.45, 2.75) is 19.3 Å². The van der Waals surface area contributed by atoms with Crippen LogP contribution in [0.25, 0.3) is 89.4 Å². The Kier molecular flexibility index (Phi) is 7.81. The zero-order valence-electron chi connectivity index (χ0n) is 30.7. The zero-order valence-corrected chi connectivity index (χ0v) is 30.7. The van der Waals surface area contributed by atoms with Crippen LogP contribution in [0.2, 0.25) is 0 Å². The lowest BCUT2D eigenvalue weighted by atomic mass is 9.80. The van der Waals surface area contributed by atoms with Gasteiger partial charge in [-0.05, 0) is 96.7 Å². The summed E-state index contributed by atoms with van der Waals surface area (Å²) in [5, 5.41) is 2.48. The molecule has 1 heterocycles. The van der Waals surface area contributed by atoms with Crippen LogP contribution < -0.4 is 0 Å². The van der Waals surface area contributed by atoms with Crippen LogP contribution in [0.4, 0.5) is 0 Å². The predicted molar refractivity (Wildman–Crippen MR) is 228 cm³/mol. The van der Waals surface area contributed by atoms with E-state index in [1.807, 2.05) is 60.7 Å². The van der Waals surface area contributed by atoms with Gasteiger partial charge in [-0.3, -0.25) is 0 Å². The highest BCUT2D eigenvalue weighted by Gasteiger charge is 2.36. The molecule has 1 aromatic heterocycles. The van der Waals surface area contributed by atoms with Gasteiger partial charge < -0.3 is 0 Å². The monoisotopic (exact) mass is 703 g/mol. The molecule has 3 nitrogen and oxygen atoms in total. The smallest absolute Gasteiger partial charge is 0.164 e. The molecule has 1 aliphatic rings. The maximum Gasteiger partial charge on any atom is 0.164 e. The first-order chi connectivity index (χ1) is 27.0. The van der Waals surface area contributed by atoms with Gasteiger partial charge in [0.2, 0.25) is 0 Å². The third-order valence-electron chi connectivity index (χ3n) is 11.1. The number of aromatic nitrogens is 3. The Morgan fingerprint density at radius 2 is 0.782 bits per heavy atom. The van der Waals surface area contributed by atoms with Gasteiger partial charge in [0.05, 0.1) is 0 Å². The molecule has 0 N–H and O–H groups in total. The van der Waals surface area contributed by atoms with Crippen molar-refractivity contribution in [2.75, 3.05) is 0 Å². The van der Waals surface area contributed by atoms with E-state index in [0.717, 1.165) is 27.8 Å². The second-order valence-electron chi connectivity index (χ2n) is 14.9. The number of benzene rings is 8. The molecular weight excluding hydrogens is 667 g/mol. The lowest BCUT2D eigenvalue weighted by molar-refractivity contribution is 0.660. The standard InChI is InChI=1S/C52H37N3/c1-52(2)47-26-12-11-25-43(47)46-32-44(41-28-27-34-15-9-10-20-37(34)29-41)45(33-48(46)52)40-23-13-21-38(30-40)39-22-14-24-42(31-39)51-54-49(35-16-5-3-6-17-35)53-50(55-51)36-18-7-4-8-19-36/h3-33H,1-2H3. The minimum absolute atomic E-state index is 0.115. The Morgan fingerprint density at radius 1 is 0.291 bits per heavy atom. The summed E-state index contributed by atoms with van der Waals surface area (Å²) in [6.07, 6.45) is 0. The van der Waals surface area contributed by atoms with Gasteiger partial charge in [0.25, 0.3) is 0 Å². The van der Waals surface area contributed by atoms with E-state index in [9.17, 15) is 0 Å². The molecule has 0 unspecified atom stereocenters. The van der Waals surface area contributed by atoms with Crippen molar-refractivity contribution in [3.05, 3.63) is 199 Å². The molecular formula is C52H37N3. The molecule has 0 fully saturated rings. The minimum Gasteiger partial charge on any atom is -0.208 e. The molecule has 0 radical (unpaired) electrons. The van der Waals surface area contributed by atoms with Crippen molar-refractivity contribution in [1.82, 2.24) is 15.0 Å². The summed E-state index contributed by atoms with van der Waals surface area (Å²) >= 11 is 0. The Balaban J connectivity index is 1.11. The van der Waals surface area contributed by atoms with E-state index in [4.69, 9.17) is 15.0 Å². The molecule has 0 saturated heterocycles. The van der Waals surface area contributed by atoms with E-state index in [1.54, 1.807) is 0 Å². The Bertz CT molecular complexity index is 2830. The van der Waals surface area contributed by atoms with Crippen LogP contribution in [0.1, 0.15) is 25.0 Å². The van der Waals surface area contributed by atoms with E-state index in [1.165, 1.54) is 55.3 Å². The summed E-state index contributed by atoms with van der Waals surface area (Å²) in [6, 6.07) is 67.0. The number of hydrogen-bond acceptors (Lipinski definition) is 3. The quantitative estimate of drug-likeness (QED) is 0.173. The van der Waals surface area contributed by atoms with Gasteiger partial charge in [0, 0.05) is 22.1 Å². The number of nitrogens with zero attached hydrogens (tertiary/aromatic N) is 3. The van der Waals surface area contributed by atoms with Crippen molar-refractivity contribution in [3.63, 3.8) is 0 Å². The predicted octanol–water partition coefficient (Wildman–Crippen LogP) is 13.3. The summed E-state index contributed by atoms with van der Waals surface area (Å²) in [6.45, 7) is 4.71. The van der Waals surface area contributed by atoms with Crippen LogP contribution in [0.5, 0.6) is 0 Å². The molecule has 0 aliphatic heterocycles. The first-order valence-corrected chi connectivity index (χ1v) is 18.9. The van der Waals surface area contributed by atoms with E-state index in [0.29, 0.717) is 17.5 Å². The topological polar surface area (TPSA) is 38.7 Å². The maximum atomic E-state index is 5.01. The van der Waals surface area contributed by atoms with Crippen molar-refractivity contribution >= 4 is 10.8 Å². The van der Waals surface area contributed by atoms with Crippen LogP contribution in [-0.4, -0.2) is 15.0 Å². The second-order valence-corrected chi connectivity index (χ2v) is 14.9. The average Bonchev–Trinajstić information content (AvgIpc) is 3.48. The van der Waals surface area contributed by atoms with Crippen LogP contribution >= 0.6 is 0 Å². The Hall–Kier alpha value is -6.97. The van der Waals surface area contributed by atoms with Gasteiger partial charge in [0.1, 0.15) is 0 Å². The number of fused-ring (bicyclic) bond motifs is 4. The first kappa shape index (κ1) is 32.7. The van der Waals surface area contributed by atoms with Crippen molar-refractivity contribution in [1.29, 1.82) is 0 Å². The normalized spacial score (nSPS) is 12.7. The van der Waals surface area contributed by atoms with Gasteiger partial charge in [-0.1, -0.05) is 172 Å². The maximum absolute atomic E-state index is 5.01. The van der Waals surface area contributed by atoms with Gasteiger partial charge >= 0.3 is 0 Å². The van der Waals surface area contributed by atoms with Crippen LogP contribution in [0, 0.1) is 0 Å². The molecule has 0 spiro atoms. The highest BCUT2D eigenvalue weighted by molar-refractivity contribution is 5.96. The Labute approximate surface area is 321 Å². The zero-order chi connectivity index (χ0) is 36.9. The molecule has 0 amide bonds. The largest absolute Gasteiger partial charge is 0.208 e. The summed E-state index contributed by atoms with van der Waals surface area (Å²) in [5.74, 6) is 1.95. The van der Waals surface area contributed by atoms with E-state index in [2.05, 4.69) is 141 Å². The fourth-order valence-electron chi connectivity index (χ4n) is 8.22. The van der Waals surface area contributed by atoms with Crippen LogP contribution in [0.3, 0.4) is 0 Å². The van der Waals surface area contributed by atoms with Crippen molar-refractivity contribution in [2.24, 2.45) is 0 Å². The third-order valence-corrected chi connectivity index (χ3v) is 11.1. The van der Waals surface area contributed by atoms with Gasteiger partial charge in [-0.25, -0.2) is 15.0 Å². The molecule has 0 atom stereocenters. The fourth-order valence-corrected chi connectivity index (χ4v) is 8.22. The summed E-state index contributed by atoms with van der Waals surface area (Å²) in [5.41, 5.74) is 15.2. The molecule has 260 valence electrons. The average molecular weight is 704 g/mol. The molecule has 3 heteroatoms. The van der Waals surface area contributed by atoms with Crippen LogP contribution in [-0.2, 0) is 5.41 Å². The fraction of sp³-hybridized carbons (Fsp3) is 0.0577. The van der Waals surface area contributed by atoms with Crippen molar-refractivity contribution < 1.29 is 0 Å². The lowest BCUT2D eigenvalue weighted by Gasteiger charge is -2.23. The van der Waals surface area contributed by atoms with Gasteiger partial charge in [-0.15, -0.1) is 0 Å². The van der Waals surface area contributed by atoms with Gasteiger partial charge in [-0.2, -0.15) is 0 Å². The molecule has 0 saturated carbocycles. The first-order valence-electron chi connectivity index (χ1n) is 18.9. The number of rotatable bonds is 6. The van der Waals surface area contributed by atoms with Crippen molar-refractivity contribution in [3.8, 4) is 78.7 Å². The van der Waals surface area contributed by atoms with Gasteiger partial charge in [0.15, 0.2) is 17.5 Å². The molecule has 55 heavy (non-hydrogen) atoms. The highest BCUT2D eigenvalue weighted by atomic mass is 15.0. The third kappa shape index (κ3) is 5.82. The molecule has 0 bridgehead atoms.